The van der Waals surface area contributed by atoms with Gasteiger partial charge in [0, 0.05) is 6.21 Å². The number of benzene rings is 1. The van der Waals surface area contributed by atoms with E-state index < -0.39 is 12.0 Å². The Morgan fingerprint density at radius 3 is 2.74 bits per heavy atom. The van der Waals surface area contributed by atoms with Gasteiger partial charge in [0.15, 0.2) is 6.10 Å². The van der Waals surface area contributed by atoms with Crippen LogP contribution in [0.1, 0.15) is 50.7 Å². The number of hydrogen-bond acceptors (Lipinski definition) is 3. The number of aliphatic hydroxyl groups is 1. The van der Waals surface area contributed by atoms with Crippen molar-refractivity contribution in [1.29, 1.82) is 0 Å². The topological polar surface area (TPSA) is 61.7 Å². The highest BCUT2D eigenvalue weighted by atomic mass is 16.3. The summed E-state index contributed by atoms with van der Waals surface area (Å²) < 4.78 is 0. The van der Waals surface area contributed by atoms with Gasteiger partial charge < -0.3 is 5.11 Å². The maximum Gasteiger partial charge on any atom is 0.273 e. The van der Waals surface area contributed by atoms with Crippen LogP contribution in [0.15, 0.2) is 35.4 Å². The van der Waals surface area contributed by atoms with Crippen LogP contribution in [-0.4, -0.2) is 17.2 Å². The molecule has 2 N–H and O–H groups in total. The van der Waals surface area contributed by atoms with Crippen LogP contribution < -0.4 is 5.43 Å². The van der Waals surface area contributed by atoms with E-state index >= 15 is 0 Å². The van der Waals surface area contributed by atoms with Crippen molar-refractivity contribution in [2.45, 2.75) is 45.1 Å². The number of amides is 1. The Hall–Kier alpha value is -1.68. The van der Waals surface area contributed by atoms with E-state index in [1.165, 1.54) is 19.3 Å². The second-order valence-electron chi connectivity index (χ2n) is 4.45. The van der Waals surface area contributed by atoms with Crippen LogP contribution in [0.2, 0.25) is 0 Å². The first-order chi connectivity index (χ1) is 9.25. The number of aliphatic hydroxyl groups excluding tert-OH is 1. The van der Waals surface area contributed by atoms with E-state index in [-0.39, 0.29) is 0 Å². The average Bonchev–Trinajstić information content (AvgIpc) is 2.46. The molecule has 1 rings (SSSR count). The van der Waals surface area contributed by atoms with Crippen molar-refractivity contribution in [3.05, 3.63) is 35.9 Å². The fourth-order valence-electron chi connectivity index (χ4n) is 1.68. The zero-order chi connectivity index (χ0) is 13.9. The molecule has 4 heteroatoms. The van der Waals surface area contributed by atoms with Gasteiger partial charge in [0.2, 0.25) is 0 Å². The van der Waals surface area contributed by atoms with Crippen LogP contribution in [0.25, 0.3) is 0 Å². The van der Waals surface area contributed by atoms with Gasteiger partial charge in [0.25, 0.3) is 5.91 Å². The van der Waals surface area contributed by atoms with Crippen LogP contribution in [0.4, 0.5) is 0 Å². The monoisotopic (exact) mass is 262 g/mol. The van der Waals surface area contributed by atoms with Gasteiger partial charge in [-0.25, -0.2) is 5.43 Å². The standard InChI is InChI=1S/C15H22N2O2/c1-2-3-4-5-9-12-16-17-15(19)14(18)13-10-7-6-8-11-13/h6-8,10-12,14,18H,2-5,9H2,1H3,(H,17,19)/b16-12+. The van der Waals surface area contributed by atoms with Crippen molar-refractivity contribution in [3.63, 3.8) is 0 Å². The Kier molecular flexibility index (Phi) is 7.51. The Bertz CT molecular complexity index is 390. The van der Waals surface area contributed by atoms with E-state index in [9.17, 15) is 9.90 Å². The molecule has 0 saturated heterocycles. The minimum atomic E-state index is -1.17. The highest BCUT2D eigenvalue weighted by Crippen LogP contribution is 2.11. The molecule has 1 unspecified atom stereocenters. The minimum Gasteiger partial charge on any atom is -0.378 e. The summed E-state index contributed by atoms with van der Waals surface area (Å²) in [5.41, 5.74) is 2.92. The molecule has 0 aliphatic heterocycles. The molecule has 19 heavy (non-hydrogen) atoms. The Labute approximate surface area is 114 Å². The first-order valence-corrected chi connectivity index (χ1v) is 6.80. The summed E-state index contributed by atoms with van der Waals surface area (Å²) in [4.78, 5) is 11.6. The molecule has 1 aromatic rings. The summed E-state index contributed by atoms with van der Waals surface area (Å²) in [5, 5.41) is 13.6. The predicted molar refractivity (Wildman–Crippen MR) is 76.8 cm³/mol. The molecule has 4 nitrogen and oxygen atoms in total. The molecular formula is C15H22N2O2. The number of hydrazone groups is 1. The van der Waals surface area contributed by atoms with Crippen molar-refractivity contribution in [2.24, 2.45) is 5.10 Å². The maximum atomic E-state index is 11.6. The molecule has 0 aliphatic carbocycles. The third-order valence-corrected chi connectivity index (χ3v) is 2.82. The third kappa shape index (κ3) is 6.15. The second-order valence-corrected chi connectivity index (χ2v) is 4.45. The molecule has 0 radical (unpaired) electrons. The van der Waals surface area contributed by atoms with E-state index in [0.29, 0.717) is 5.56 Å². The Morgan fingerprint density at radius 2 is 2.05 bits per heavy atom. The molecular weight excluding hydrogens is 240 g/mol. The highest BCUT2D eigenvalue weighted by Gasteiger charge is 2.15. The average molecular weight is 262 g/mol. The number of unbranched alkanes of at least 4 members (excludes halogenated alkanes) is 4. The number of carbonyl (C=O) groups is 1. The molecule has 0 bridgehead atoms. The molecule has 0 saturated carbocycles. The summed E-state index contributed by atoms with van der Waals surface area (Å²) >= 11 is 0. The molecule has 0 heterocycles. The summed E-state index contributed by atoms with van der Waals surface area (Å²) in [6.45, 7) is 2.17. The van der Waals surface area contributed by atoms with Crippen LogP contribution in [0.5, 0.6) is 0 Å². The molecule has 0 aliphatic rings. The third-order valence-electron chi connectivity index (χ3n) is 2.82. The maximum absolute atomic E-state index is 11.6. The molecule has 1 atom stereocenters. The fraction of sp³-hybridized carbons (Fsp3) is 0.467. The molecule has 0 fully saturated rings. The van der Waals surface area contributed by atoms with Gasteiger partial charge in [-0.15, -0.1) is 0 Å². The van der Waals surface area contributed by atoms with Gasteiger partial charge in [-0.1, -0.05) is 56.5 Å². The van der Waals surface area contributed by atoms with Gasteiger partial charge in [-0.3, -0.25) is 4.79 Å². The number of nitrogens with zero attached hydrogens (tertiary/aromatic N) is 1. The van der Waals surface area contributed by atoms with E-state index in [1.807, 2.05) is 6.07 Å². The first-order valence-electron chi connectivity index (χ1n) is 6.80. The largest absolute Gasteiger partial charge is 0.378 e. The van der Waals surface area contributed by atoms with Crippen molar-refractivity contribution in [1.82, 2.24) is 5.43 Å². The van der Waals surface area contributed by atoms with Gasteiger partial charge in [0.05, 0.1) is 0 Å². The van der Waals surface area contributed by atoms with Crippen LogP contribution in [0.3, 0.4) is 0 Å². The second kappa shape index (κ2) is 9.28. The van der Waals surface area contributed by atoms with E-state index in [0.717, 1.165) is 12.8 Å². The zero-order valence-corrected chi connectivity index (χ0v) is 11.4. The summed E-state index contributed by atoms with van der Waals surface area (Å²) in [5.74, 6) is -0.504. The van der Waals surface area contributed by atoms with Crippen LogP contribution >= 0.6 is 0 Å². The first kappa shape index (κ1) is 15.4. The van der Waals surface area contributed by atoms with Crippen molar-refractivity contribution < 1.29 is 9.90 Å². The van der Waals surface area contributed by atoms with Gasteiger partial charge >= 0.3 is 0 Å². The normalized spacial score (nSPS) is 12.5. The smallest absolute Gasteiger partial charge is 0.273 e. The quantitative estimate of drug-likeness (QED) is 0.430. The number of carbonyl (C=O) groups excluding carboxylic acids is 1. The van der Waals surface area contributed by atoms with Gasteiger partial charge in [-0.05, 0) is 18.4 Å². The molecule has 104 valence electrons. The lowest BCUT2D eigenvalue weighted by Gasteiger charge is -2.08. The lowest BCUT2D eigenvalue weighted by atomic mass is 10.1. The number of rotatable bonds is 8. The van der Waals surface area contributed by atoms with Crippen LogP contribution in [0, 0.1) is 0 Å². The fourth-order valence-corrected chi connectivity index (χ4v) is 1.68. The highest BCUT2D eigenvalue weighted by molar-refractivity contribution is 5.82. The van der Waals surface area contributed by atoms with E-state index in [1.54, 1.807) is 30.5 Å². The van der Waals surface area contributed by atoms with Crippen LogP contribution in [-0.2, 0) is 4.79 Å². The lowest BCUT2D eigenvalue weighted by Crippen LogP contribution is -2.25. The molecule has 0 aromatic heterocycles. The zero-order valence-electron chi connectivity index (χ0n) is 11.4. The molecule has 1 aromatic carbocycles. The minimum absolute atomic E-state index is 0.504. The van der Waals surface area contributed by atoms with Crippen molar-refractivity contribution >= 4 is 12.1 Å². The lowest BCUT2D eigenvalue weighted by molar-refractivity contribution is -0.129. The Balaban J connectivity index is 2.25. The number of hydrogen-bond donors (Lipinski definition) is 2. The summed E-state index contributed by atoms with van der Waals surface area (Å²) in [7, 11) is 0. The molecule has 1 amide bonds. The summed E-state index contributed by atoms with van der Waals surface area (Å²) in [6, 6.07) is 8.81. The van der Waals surface area contributed by atoms with Crippen molar-refractivity contribution in [2.75, 3.05) is 0 Å². The van der Waals surface area contributed by atoms with E-state index in [2.05, 4.69) is 17.5 Å². The van der Waals surface area contributed by atoms with E-state index in [4.69, 9.17) is 0 Å². The predicted octanol–water partition coefficient (Wildman–Crippen LogP) is 2.79. The van der Waals surface area contributed by atoms with Gasteiger partial charge in [-0.2, -0.15) is 5.10 Å². The number of nitrogens with one attached hydrogen (secondary N) is 1. The summed E-state index contributed by atoms with van der Waals surface area (Å²) in [6.07, 6.45) is 6.06. The Morgan fingerprint density at radius 1 is 1.32 bits per heavy atom. The SMILES string of the molecule is CCCCCC/C=N/NC(=O)C(O)c1ccccc1. The van der Waals surface area contributed by atoms with Gasteiger partial charge in [0.1, 0.15) is 0 Å². The molecule has 0 spiro atoms. The van der Waals surface area contributed by atoms with Crippen molar-refractivity contribution in [3.8, 4) is 0 Å².